The second-order valence-electron chi connectivity index (χ2n) is 19.2. The molecule has 0 amide bonds. The molecule has 6 heteroatoms. The molecular formula is C38H69BrN2O3. The number of ether oxygens (including phenoxy) is 2. The van der Waals surface area contributed by atoms with Gasteiger partial charge in [0.05, 0.1) is 32.3 Å². The SMILES string of the molecule is C.CN(C)CC[N+](C)(C)CC(=O)O[C@H]1CC[C@@]2(C)C(CC[C@]3(C)C2CCC2C4[C@H]5O[C@@]4(CCC5(C)C)CC[C@]23C)C1(C)C.[Br-]. The number of likely N-dealkylation sites (N-methyl/N-ethyl adjacent to an activating group) is 2. The van der Waals surface area contributed by atoms with Crippen molar-refractivity contribution in [2.24, 2.45) is 50.7 Å². The lowest BCUT2D eigenvalue weighted by Gasteiger charge is -2.77. The summed E-state index contributed by atoms with van der Waals surface area (Å²) in [7, 11) is 8.51. The van der Waals surface area contributed by atoms with Gasteiger partial charge >= 0.3 is 5.97 Å². The Morgan fingerprint density at radius 1 is 0.841 bits per heavy atom. The van der Waals surface area contributed by atoms with Crippen molar-refractivity contribution in [3.8, 4) is 0 Å². The van der Waals surface area contributed by atoms with E-state index >= 15 is 0 Å². The molecule has 256 valence electrons. The lowest BCUT2D eigenvalue weighted by atomic mass is 9.31. The molecule has 0 aromatic carbocycles. The van der Waals surface area contributed by atoms with Crippen molar-refractivity contribution in [1.29, 1.82) is 0 Å². The van der Waals surface area contributed by atoms with Crippen molar-refractivity contribution in [2.45, 2.75) is 138 Å². The van der Waals surface area contributed by atoms with Crippen LogP contribution in [0.5, 0.6) is 0 Å². The van der Waals surface area contributed by atoms with Crippen molar-refractivity contribution in [2.75, 3.05) is 47.8 Å². The highest BCUT2D eigenvalue weighted by Gasteiger charge is 2.75. The highest BCUT2D eigenvalue weighted by atomic mass is 79.9. The quantitative estimate of drug-likeness (QED) is 0.298. The molecule has 6 aliphatic rings. The van der Waals surface area contributed by atoms with Gasteiger partial charge in [-0.25, -0.2) is 4.79 Å². The van der Waals surface area contributed by atoms with Gasteiger partial charge in [-0.05, 0) is 118 Å². The number of rotatable bonds is 6. The number of esters is 1. The molecular weight excluding hydrogens is 612 g/mol. The van der Waals surface area contributed by atoms with Gasteiger partial charge < -0.3 is 35.8 Å². The second-order valence-corrected chi connectivity index (χ2v) is 19.2. The van der Waals surface area contributed by atoms with Gasteiger partial charge in [0.1, 0.15) is 6.10 Å². The number of hydrogen-bond donors (Lipinski definition) is 0. The first-order valence-corrected chi connectivity index (χ1v) is 17.7. The van der Waals surface area contributed by atoms with Crippen LogP contribution in [0.3, 0.4) is 0 Å². The van der Waals surface area contributed by atoms with Gasteiger partial charge in [-0.15, -0.1) is 0 Å². The first kappa shape index (κ1) is 36.7. The van der Waals surface area contributed by atoms with Crippen molar-refractivity contribution in [1.82, 2.24) is 4.90 Å². The lowest BCUT2D eigenvalue weighted by Crippen LogP contribution is -3.00. The summed E-state index contributed by atoms with van der Waals surface area (Å²) in [6, 6.07) is 0. The summed E-state index contributed by atoms with van der Waals surface area (Å²) < 4.78 is 13.9. The van der Waals surface area contributed by atoms with Crippen LogP contribution in [0.15, 0.2) is 0 Å². The number of quaternary nitrogens is 1. The predicted molar refractivity (Wildman–Crippen MR) is 177 cm³/mol. The van der Waals surface area contributed by atoms with Crippen LogP contribution in [0, 0.1) is 50.7 Å². The molecule has 5 nitrogen and oxygen atoms in total. The van der Waals surface area contributed by atoms with E-state index in [0.717, 1.165) is 37.3 Å². The minimum Gasteiger partial charge on any atom is -1.00 e. The maximum Gasteiger partial charge on any atom is 0.362 e. The molecule has 0 N–H and O–H groups in total. The van der Waals surface area contributed by atoms with Crippen LogP contribution in [0.1, 0.15) is 120 Å². The third-order valence-electron chi connectivity index (χ3n) is 15.6. The number of carbonyl (C=O) groups excluding carboxylic acids is 1. The van der Waals surface area contributed by atoms with Gasteiger partial charge in [-0.3, -0.25) is 0 Å². The predicted octanol–water partition coefficient (Wildman–Crippen LogP) is 4.82. The van der Waals surface area contributed by atoms with Gasteiger partial charge in [-0.2, -0.15) is 0 Å². The van der Waals surface area contributed by atoms with Gasteiger partial charge in [0.15, 0.2) is 6.54 Å². The number of halogens is 1. The molecule has 10 atom stereocenters. The summed E-state index contributed by atoms with van der Waals surface area (Å²) >= 11 is 0. The zero-order valence-electron chi connectivity index (χ0n) is 29.7. The first-order chi connectivity index (χ1) is 19.3. The van der Waals surface area contributed by atoms with E-state index in [1.165, 1.54) is 57.8 Å². The van der Waals surface area contributed by atoms with E-state index < -0.39 is 0 Å². The number of carbonyl (C=O) groups is 1. The summed E-state index contributed by atoms with van der Waals surface area (Å²) in [5, 5.41) is 0. The minimum absolute atomic E-state index is 0. The second kappa shape index (κ2) is 11.5. The fourth-order valence-corrected chi connectivity index (χ4v) is 12.9. The standard InChI is InChI=1S/C37H65N2O3.CH4.BrH/c1-32(2)18-20-37-21-19-35(6)25(30(37)31(32)42-37)12-13-27-34(5)16-15-28(33(3,4)26(34)14-17-36(27,35)7)41-29(40)24-39(10,11)23-22-38(8)9;;/h25-28,30-31H,12-24H2,1-11H3;1H4;1H/q+1;;/p-1/t25?,26?,27?,28-,30?,31+,34-,35+,36+,37-;;/m0../s1. The largest absolute Gasteiger partial charge is 1.00 e. The van der Waals surface area contributed by atoms with E-state index in [1.807, 2.05) is 0 Å². The summed E-state index contributed by atoms with van der Waals surface area (Å²) in [5.74, 6) is 2.93. The average molecular weight is 682 g/mol. The van der Waals surface area contributed by atoms with E-state index in [0.29, 0.717) is 44.7 Å². The Kier molecular flexibility index (Phi) is 9.56. The molecule has 0 aromatic heterocycles. The monoisotopic (exact) mass is 680 g/mol. The number of hydrogen-bond acceptors (Lipinski definition) is 4. The fraction of sp³-hybridized carbons (Fsp3) is 0.974. The zero-order valence-corrected chi connectivity index (χ0v) is 31.2. The van der Waals surface area contributed by atoms with Gasteiger partial charge in [0.25, 0.3) is 0 Å². The van der Waals surface area contributed by atoms with Gasteiger partial charge in [0.2, 0.25) is 0 Å². The molecule has 0 radical (unpaired) electrons. The van der Waals surface area contributed by atoms with E-state index in [4.69, 9.17) is 9.47 Å². The molecule has 4 unspecified atom stereocenters. The molecule has 2 saturated heterocycles. The Bertz CT molecular complexity index is 1090. The summed E-state index contributed by atoms with van der Waals surface area (Å²) in [6.45, 7) is 20.3. The van der Waals surface area contributed by atoms with Crippen molar-refractivity contribution < 1.29 is 35.7 Å². The van der Waals surface area contributed by atoms with Gasteiger partial charge in [-0.1, -0.05) is 55.9 Å². The number of nitrogens with zero attached hydrogens (tertiary/aromatic N) is 2. The summed E-state index contributed by atoms with van der Waals surface area (Å²) in [5.41, 5.74) is 1.63. The van der Waals surface area contributed by atoms with E-state index in [9.17, 15) is 4.79 Å². The number of fused-ring (bicyclic) bond motifs is 8. The van der Waals surface area contributed by atoms with Gasteiger partial charge in [0, 0.05) is 17.9 Å². The van der Waals surface area contributed by atoms with E-state index in [1.54, 1.807) is 0 Å². The maximum atomic E-state index is 13.3. The molecule has 4 aliphatic carbocycles. The average Bonchev–Trinajstić information content (AvgIpc) is 2.85. The molecule has 2 bridgehead atoms. The van der Waals surface area contributed by atoms with E-state index in [2.05, 4.69) is 81.6 Å². The molecule has 0 aromatic rings. The maximum absolute atomic E-state index is 13.3. The van der Waals surface area contributed by atoms with Crippen molar-refractivity contribution in [3.05, 3.63) is 0 Å². The van der Waals surface area contributed by atoms with Crippen LogP contribution in [0.4, 0.5) is 0 Å². The van der Waals surface area contributed by atoms with Crippen LogP contribution in [-0.4, -0.2) is 81.0 Å². The van der Waals surface area contributed by atoms with Crippen LogP contribution in [-0.2, 0) is 14.3 Å². The van der Waals surface area contributed by atoms with Crippen LogP contribution < -0.4 is 17.0 Å². The van der Waals surface area contributed by atoms with E-state index in [-0.39, 0.29) is 47.5 Å². The molecule has 2 aliphatic heterocycles. The molecule has 2 heterocycles. The Morgan fingerprint density at radius 3 is 2.14 bits per heavy atom. The Balaban J connectivity index is 0.00000221. The minimum atomic E-state index is -0.0126. The Hall–Kier alpha value is -0.170. The summed E-state index contributed by atoms with van der Waals surface area (Å²) in [6.07, 6.45) is 13.3. The third-order valence-corrected chi connectivity index (χ3v) is 15.6. The molecule has 6 fully saturated rings. The third kappa shape index (κ3) is 5.20. The van der Waals surface area contributed by atoms with Crippen LogP contribution in [0.2, 0.25) is 0 Å². The highest BCUT2D eigenvalue weighted by Crippen LogP contribution is 2.78. The highest BCUT2D eigenvalue weighted by molar-refractivity contribution is 5.70. The first-order valence-electron chi connectivity index (χ1n) is 17.7. The molecule has 1 spiro atoms. The molecule has 4 saturated carbocycles. The molecule has 6 rings (SSSR count). The van der Waals surface area contributed by atoms with Crippen LogP contribution >= 0.6 is 0 Å². The topological polar surface area (TPSA) is 38.8 Å². The zero-order chi connectivity index (χ0) is 30.7. The summed E-state index contributed by atoms with van der Waals surface area (Å²) in [4.78, 5) is 15.5. The fourth-order valence-electron chi connectivity index (χ4n) is 12.9. The van der Waals surface area contributed by atoms with Crippen LogP contribution in [0.25, 0.3) is 0 Å². The Morgan fingerprint density at radius 2 is 1.50 bits per heavy atom. The Labute approximate surface area is 282 Å². The molecule has 44 heavy (non-hydrogen) atoms. The van der Waals surface area contributed by atoms with Crippen molar-refractivity contribution in [3.63, 3.8) is 0 Å². The normalized spacial score (nSPS) is 46.5. The lowest BCUT2D eigenvalue weighted by molar-refractivity contribution is -0.882. The smallest absolute Gasteiger partial charge is 0.362 e. The van der Waals surface area contributed by atoms with Crippen molar-refractivity contribution >= 4 is 5.97 Å².